The van der Waals surface area contributed by atoms with Gasteiger partial charge in [-0.2, -0.15) is 5.10 Å². The molecule has 0 saturated heterocycles. The van der Waals surface area contributed by atoms with Gasteiger partial charge in [-0.05, 0) is 31.2 Å². The Bertz CT molecular complexity index is 322. The van der Waals surface area contributed by atoms with Crippen LogP contribution in [0.1, 0.15) is 50.5 Å². The standard InChI is InChI=1S/C13H23N3/c1-16-11-12(10-15-16)6-9-13(14)7-4-2-3-5-8-13/h10-11H,2-9,14H2,1H3. The maximum atomic E-state index is 6.49. The van der Waals surface area contributed by atoms with E-state index in [4.69, 9.17) is 5.73 Å². The summed E-state index contributed by atoms with van der Waals surface area (Å²) < 4.78 is 1.87. The third-order valence-corrected chi connectivity index (χ3v) is 3.77. The highest BCUT2D eigenvalue weighted by atomic mass is 15.2. The predicted molar refractivity (Wildman–Crippen MR) is 66.1 cm³/mol. The van der Waals surface area contributed by atoms with E-state index in [2.05, 4.69) is 11.3 Å². The van der Waals surface area contributed by atoms with Gasteiger partial charge in [0.15, 0.2) is 0 Å². The zero-order chi connectivity index (χ0) is 11.4. The van der Waals surface area contributed by atoms with Crippen molar-refractivity contribution < 1.29 is 0 Å². The number of nitrogens with zero attached hydrogens (tertiary/aromatic N) is 2. The van der Waals surface area contributed by atoms with Gasteiger partial charge in [0.05, 0.1) is 6.20 Å². The first-order valence-corrected chi connectivity index (χ1v) is 6.44. The molecule has 1 saturated carbocycles. The van der Waals surface area contributed by atoms with Crippen LogP contribution < -0.4 is 5.73 Å². The van der Waals surface area contributed by atoms with Gasteiger partial charge in [-0.25, -0.2) is 0 Å². The third kappa shape index (κ3) is 3.08. The smallest absolute Gasteiger partial charge is 0.0521 e. The first-order valence-electron chi connectivity index (χ1n) is 6.44. The van der Waals surface area contributed by atoms with Gasteiger partial charge in [0.2, 0.25) is 0 Å². The fourth-order valence-electron chi connectivity index (χ4n) is 2.68. The molecule has 90 valence electrons. The van der Waals surface area contributed by atoms with Crippen LogP contribution in [0.2, 0.25) is 0 Å². The van der Waals surface area contributed by atoms with Crippen LogP contribution in [-0.2, 0) is 13.5 Å². The van der Waals surface area contributed by atoms with Gasteiger partial charge in [0.25, 0.3) is 0 Å². The lowest BCUT2D eigenvalue weighted by molar-refractivity contribution is 0.346. The van der Waals surface area contributed by atoms with Crippen molar-refractivity contribution in [1.29, 1.82) is 0 Å². The maximum absolute atomic E-state index is 6.49. The van der Waals surface area contributed by atoms with Crippen LogP contribution in [0.5, 0.6) is 0 Å². The van der Waals surface area contributed by atoms with Crippen molar-refractivity contribution in [3.05, 3.63) is 18.0 Å². The Morgan fingerprint density at radius 2 is 2.00 bits per heavy atom. The van der Waals surface area contributed by atoms with Gasteiger partial charge >= 0.3 is 0 Å². The average molecular weight is 221 g/mol. The molecule has 2 N–H and O–H groups in total. The van der Waals surface area contributed by atoms with Crippen LogP contribution in [0, 0.1) is 0 Å². The van der Waals surface area contributed by atoms with E-state index < -0.39 is 0 Å². The summed E-state index contributed by atoms with van der Waals surface area (Å²) in [5, 5.41) is 4.20. The summed E-state index contributed by atoms with van der Waals surface area (Å²) in [6.07, 6.45) is 14.0. The third-order valence-electron chi connectivity index (χ3n) is 3.77. The highest BCUT2D eigenvalue weighted by Crippen LogP contribution is 2.28. The first-order chi connectivity index (χ1) is 7.68. The number of aryl methyl sites for hydroxylation is 2. The van der Waals surface area contributed by atoms with E-state index >= 15 is 0 Å². The van der Waals surface area contributed by atoms with Crippen LogP contribution in [0.3, 0.4) is 0 Å². The molecule has 0 aliphatic heterocycles. The van der Waals surface area contributed by atoms with Gasteiger partial charge in [0.1, 0.15) is 0 Å². The second-order valence-electron chi connectivity index (χ2n) is 5.30. The van der Waals surface area contributed by atoms with E-state index in [0.717, 1.165) is 12.8 Å². The fourth-order valence-corrected chi connectivity index (χ4v) is 2.68. The molecule has 3 heteroatoms. The molecule has 1 aromatic heterocycles. The van der Waals surface area contributed by atoms with Crippen LogP contribution in [0.25, 0.3) is 0 Å². The summed E-state index contributed by atoms with van der Waals surface area (Å²) in [5.74, 6) is 0. The molecule has 1 fully saturated rings. The second kappa shape index (κ2) is 5.00. The molecule has 0 bridgehead atoms. The van der Waals surface area contributed by atoms with E-state index in [9.17, 15) is 0 Å². The predicted octanol–water partition coefficient (Wildman–Crippen LogP) is 2.40. The van der Waals surface area contributed by atoms with E-state index in [-0.39, 0.29) is 5.54 Å². The lowest BCUT2D eigenvalue weighted by Crippen LogP contribution is -2.39. The molecule has 0 unspecified atom stereocenters. The van der Waals surface area contributed by atoms with Crippen molar-refractivity contribution in [2.45, 2.75) is 56.9 Å². The van der Waals surface area contributed by atoms with Gasteiger partial charge in [0, 0.05) is 18.8 Å². The molecule has 1 aliphatic rings. The molecule has 2 rings (SSSR count). The molecule has 3 nitrogen and oxygen atoms in total. The second-order valence-corrected chi connectivity index (χ2v) is 5.30. The SMILES string of the molecule is Cn1cc(CCC2(N)CCCCCC2)cn1. The largest absolute Gasteiger partial charge is 0.325 e. The van der Waals surface area contributed by atoms with Crippen LogP contribution in [-0.4, -0.2) is 15.3 Å². The normalized spacial score (nSPS) is 20.6. The number of aromatic nitrogens is 2. The summed E-state index contributed by atoms with van der Waals surface area (Å²) in [7, 11) is 1.97. The Labute approximate surface area is 98.0 Å². The Morgan fingerprint density at radius 1 is 1.31 bits per heavy atom. The highest BCUT2D eigenvalue weighted by Gasteiger charge is 2.25. The summed E-state index contributed by atoms with van der Waals surface area (Å²) in [6.45, 7) is 0. The minimum Gasteiger partial charge on any atom is -0.325 e. The lowest BCUT2D eigenvalue weighted by Gasteiger charge is -2.27. The van der Waals surface area contributed by atoms with Crippen molar-refractivity contribution in [2.75, 3.05) is 0 Å². The number of rotatable bonds is 3. The van der Waals surface area contributed by atoms with E-state index in [1.807, 2.05) is 17.9 Å². The zero-order valence-electron chi connectivity index (χ0n) is 10.3. The van der Waals surface area contributed by atoms with Crippen molar-refractivity contribution in [3.8, 4) is 0 Å². The molecule has 0 amide bonds. The van der Waals surface area contributed by atoms with Crippen LogP contribution in [0.15, 0.2) is 12.4 Å². The van der Waals surface area contributed by atoms with Crippen molar-refractivity contribution in [1.82, 2.24) is 9.78 Å². The highest BCUT2D eigenvalue weighted by molar-refractivity contribution is 5.05. The van der Waals surface area contributed by atoms with Crippen molar-refractivity contribution >= 4 is 0 Å². The monoisotopic (exact) mass is 221 g/mol. The maximum Gasteiger partial charge on any atom is 0.0521 e. The summed E-state index contributed by atoms with van der Waals surface area (Å²) in [5.41, 5.74) is 7.89. The first kappa shape index (κ1) is 11.6. The van der Waals surface area contributed by atoms with E-state index in [1.54, 1.807) is 0 Å². The summed E-state index contributed by atoms with van der Waals surface area (Å²) in [4.78, 5) is 0. The minimum absolute atomic E-state index is 0.0896. The molecular formula is C13H23N3. The number of hydrogen-bond acceptors (Lipinski definition) is 2. The van der Waals surface area contributed by atoms with Gasteiger partial charge in [-0.3, -0.25) is 4.68 Å². The van der Waals surface area contributed by atoms with Crippen molar-refractivity contribution in [2.24, 2.45) is 12.8 Å². The van der Waals surface area contributed by atoms with Crippen LogP contribution in [0.4, 0.5) is 0 Å². The Balaban J connectivity index is 1.87. The quantitative estimate of drug-likeness (QED) is 0.797. The average Bonchev–Trinajstić information content (AvgIpc) is 2.54. The van der Waals surface area contributed by atoms with E-state index in [1.165, 1.54) is 44.1 Å². The molecule has 1 aliphatic carbocycles. The molecule has 0 aromatic carbocycles. The zero-order valence-corrected chi connectivity index (χ0v) is 10.3. The lowest BCUT2D eigenvalue weighted by atomic mass is 9.86. The van der Waals surface area contributed by atoms with Crippen molar-refractivity contribution in [3.63, 3.8) is 0 Å². The molecular weight excluding hydrogens is 198 g/mol. The van der Waals surface area contributed by atoms with Gasteiger partial charge in [-0.1, -0.05) is 25.7 Å². The fraction of sp³-hybridized carbons (Fsp3) is 0.769. The topological polar surface area (TPSA) is 43.8 Å². The molecule has 0 spiro atoms. The summed E-state index contributed by atoms with van der Waals surface area (Å²) >= 11 is 0. The van der Waals surface area contributed by atoms with E-state index in [0.29, 0.717) is 0 Å². The molecule has 0 atom stereocenters. The Kier molecular flexibility index (Phi) is 3.64. The summed E-state index contributed by atoms with van der Waals surface area (Å²) in [6, 6.07) is 0. The minimum atomic E-state index is 0.0896. The Hall–Kier alpha value is -0.830. The van der Waals surface area contributed by atoms with Gasteiger partial charge < -0.3 is 5.73 Å². The Morgan fingerprint density at radius 3 is 2.56 bits per heavy atom. The molecule has 16 heavy (non-hydrogen) atoms. The molecule has 1 heterocycles. The molecule has 1 aromatic rings. The number of nitrogens with two attached hydrogens (primary N) is 1. The van der Waals surface area contributed by atoms with Crippen LogP contribution >= 0.6 is 0 Å². The molecule has 0 radical (unpaired) electrons. The number of hydrogen-bond donors (Lipinski definition) is 1. The van der Waals surface area contributed by atoms with Gasteiger partial charge in [-0.15, -0.1) is 0 Å².